The average molecular weight is 1030 g/mol. The number of phosphoric acid groups is 1. The van der Waals surface area contributed by atoms with Gasteiger partial charge in [-0.05, 0) is 38.5 Å². The van der Waals surface area contributed by atoms with Crippen LogP contribution in [0.3, 0.4) is 0 Å². The second-order valence-electron chi connectivity index (χ2n) is 23.1. The molecule has 0 radical (unpaired) electrons. The number of nitrogens with zero attached hydrogens (tertiary/aromatic N) is 1. The number of likely N-dealkylation sites (N-methyl/N-ethyl adjacent to an activating group) is 1. The molecule has 424 valence electrons. The van der Waals surface area contributed by atoms with Crippen molar-refractivity contribution in [1.82, 2.24) is 5.32 Å². The summed E-state index contributed by atoms with van der Waals surface area (Å²) >= 11 is 0. The Morgan fingerprint density at radius 3 is 1.10 bits per heavy atom. The molecule has 2 N–H and O–H groups in total. The van der Waals surface area contributed by atoms with Gasteiger partial charge in [0.2, 0.25) is 5.91 Å². The van der Waals surface area contributed by atoms with Gasteiger partial charge >= 0.3 is 0 Å². The van der Waals surface area contributed by atoms with Crippen molar-refractivity contribution in [2.45, 2.75) is 341 Å². The maximum atomic E-state index is 12.9. The van der Waals surface area contributed by atoms with Gasteiger partial charge in [0.05, 0.1) is 39.9 Å². The lowest BCUT2D eigenvalue weighted by atomic mass is 10.0. The fourth-order valence-electron chi connectivity index (χ4n) is 9.80. The van der Waals surface area contributed by atoms with E-state index in [1.165, 1.54) is 263 Å². The monoisotopic (exact) mass is 1020 g/mol. The smallest absolute Gasteiger partial charge is 0.268 e. The summed E-state index contributed by atoms with van der Waals surface area (Å²) in [5, 5.41) is 13.9. The van der Waals surface area contributed by atoms with Gasteiger partial charge in [0.25, 0.3) is 7.82 Å². The standard InChI is InChI=1S/C62H125N2O6P/c1-6-8-10-12-14-16-18-19-20-21-22-23-24-25-26-27-28-29-30-31-32-33-34-35-36-37-38-39-40-41-42-43-44-45-46-48-50-52-54-56-62(66)63-60(59-70-71(67,68)69-58-57-64(3,4)5)61(65)55-53-51-49-47-17-15-13-11-9-7-2/h31-32,60-61,65H,6-30,33-59H2,1-5H3,(H-,63,66,67,68)/b32-31-. The van der Waals surface area contributed by atoms with Gasteiger partial charge in [0.1, 0.15) is 13.2 Å². The van der Waals surface area contributed by atoms with Crippen molar-refractivity contribution in [3.63, 3.8) is 0 Å². The van der Waals surface area contributed by atoms with Crippen molar-refractivity contribution < 1.29 is 32.9 Å². The third-order valence-electron chi connectivity index (χ3n) is 14.8. The molecule has 0 saturated carbocycles. The summed E-state index contributed by atoms with van der Waals surface area (Å²) in [6, 6.07) is -0.795. The van der Waals surface area contributed by atoms with Gasteiger partial charge in [0.15, 0.2) is 0 Å². The van der Waals surface area contributed by atoms with E-state index in [1.54, 1.807) is 0 Å². The summed E-state index contributed by atoms with van der Waals surface area (Å²) in [6.45, 7) is 4.74. The quantitative estimate of drug-likeness (QED) is 0.0272. The molecule has 0 aromatic carbocycles. The molecular formula is C62H125N2O6P. The van der Waals surface area contributed by atoms with Crippen LogP contribution in [0.4, 0.5) is 0 Å². The lowest BCUT2D eigenvalue weighted by molar-refractivity contribution is -0.870. The summed E-state index contributed by atoms with van der Waals surface area (Å²) in [4.78, 5) is 25.4. The first-order chi connectivity index (χ1) is 34.5. The molecule has 0 heterocycles. The zero-order valence-corrected chi connectivity index (χ0v) is 49.4. The van der Waals surface area contributed by atoms with Gasteiger partial charge in [-0.1, -0.05) is 296 Å². The van der Waals surface area contributed by atoms with Crippen LogP contribution in [0.2, 0.25) is 0 Å². The Labute approximate surface area is 443 Å². The zero-order chi connectivity index (χ0) is 52.0. The molecule has 0 aromatic rings. The minimum absolute atomic E-state index is 0.0149. The fourth-order valence-corrected chi connectivity index (χ4v) is 10.5. The SMILES string of the molecule is CCCCCCCCCCCCCCCCCCCC/C=C\CCCCCCCCCCCCCCCCCCCC(=O)NC(COP(=O)([O-])OCC[N+](C)(C)C)C(O)CCCCCCCCCCCC. The van der Waals surface area contributed by atoms with Gasteiger partial charge in [-0.25, -0.2) is 0 Å². The van der Waals surface area contributed by atoms with Crippen molar-refractivity contribution in [1.29, 1.82) is 0 Å². The van der Waals surface area contributed by atoms with Crippen LogP contribution in [0, 0.1) is 0 Å². The lowest BCUT2D eigenvalue weighted by Crippen LogP contribution is -2.46. The van der Waals surface area contributed by atoms with E-state index in [0.29, 0.717) is 23.9 Å². The summed E-state index contributed by atoms with van der Waals surface area (Å²) < 4.78 is 23.3. The normalized spacial score (nSPS) is 13.8. The minimum atomic E-state index is -4.56. The number of phosphoric ester groups is 1. The highest BCUT2D eigenvalue weighted by Crippen LogP contribution is 2.38. The Kier molecular flexibility index (Phi) is 53.5. The molecule has 0 aliphatic heterocycles. The maximum absolute atomic E-state index is 12.9. The number of aliphatic hydroxyl groups is 1. The van der Waals surface area contributed by atoms with Crippen molar-refractivity contribution in [3.05, 3.63) is 12.2 Å². The Morgan fingerprint density at radius 2 is 0.775 bits per heavy atom. The van der Waals surface area contributed by atoms with E-state index >= 15 is 0 Å². The van der Waals surface area contributed by atoms with E-state index in [2.05, 4.69) is 31.3 Å². The van der Waals surface area contributed by atoms with Crippen molar-refractivity contribution in [2.75, 3.05) is 40.9 Å². The average Bonchev–Trinajstić information content (AvgIpc) is 3.33. The first-order valence-electron chi connectivity index (χ1n) is 31.5. The zero-order valence-electron chi connectivity index (χ0n) is 48.5. The van der Waals surface area contributed by atoms with Crippen LogP contribution in [0.15, 0.2) is 12.2 Å². The van der Waals surface area contributed by atoms with Gasteiger partial charge in [-0.15, -0.1) is 0 Å². The summed E-state index contributed by atoms with van der Waals surface area (Å²) in [5.74, 6) is -0.161. The van der Waals surface area contributed by atoms with Crippen LogP contribution in [-0.2, 0) is 18.4 Å². The van der Waals surface area contributed by atoms with Crippen LogP contribution < -0.4 is 10.2 Å². The fraction of sp³-hybridized carbons (Fsp3) is 0.952. The number of carbonyl (C=O) groups is 1. The molecule has 3 unspecified atom stereocenters. The van der Waals surface area contributed by atoms with Gasteiger partial charge < -0.3 is 28.8 Å². The summed E-state index contributed by atoms with van der Waals surface area (Å²) in [5.41, 5.74) is 0. The Bertz CT molecular complexity index is 1160. The molecule has 0 aromatic heterocycles. The van der Waals surface area contributed by atoms with E-state index < -0.39 is 20.0 Å². The number of carbonyl (C=O) groups excluding carboxylic acids is 1. The molecule has 0 aliphatic carbocycles. The van der Waals surface area contributed by atoms with Gasteiger partial charge in [0, 0.05) is 6.42 Å². The van der Waals surface area contributed by atoms with E-state index in [9.17, 15) is 19.4 Å². The molecule has 0 spiro atoms. The van der Waals surface area contributed by atoms with Gasteiger partial charge in [-0.2, -0.15) is 0 Å². The predicted octanol–water partition coefficient (Wildman–Crippen LogP) is 18.8. The molecule has 0 rings (SSSR count). The first kappa shape index (κ1) is 70.2. The number of amides is 1. The van der Waals surface area contributed by atoms with Crippen LogP contribution in [0.25, 0.3) is 0 Å². The van der Waals surface area contributed by atoms with Crippen LogP contribution in [-0.4, -0.2) is 68.5 Å². The molecule has 0 fully saturated rings. The van der Waals surface area contributed by atoms with Crippen molar-refractivity contribution in [2.24, 2.45) is 0 Å². The summed E-state index contributed by atoms with van der Waals surface area (Å²) in [6.07, 6.45) is 67.3. The molecule has 0 bridgehead atoms. The predicted molar refractivity (Wildman–Crippen MR) is 307 cm³/mol. The lowest BCUT2D eigenvalue weighted by Gasteiger charge is -2.30. The molecule has 71 heavy (non-hydrogen) atoms. The molecule has 0 aliphatic rings. The highest BCUT2D eigenvalue weighted by molar-refractivity contribution is 7.45. The van der Waals surface area contributed by atoms with Crippen LogP contribution in [0.1, 0.15) is 328 Å². The number of quaternary nitrogens is 1. The Balaban J connectivity index is 3.78. The molecular weight excluding hydrogens is 900 g/mol. The number of unbranched alkanes of at least 4 members (excludes halogenated alkanes) is 44. The maximum Gasteiger partial charge on any atom is 0.268 e. The number of nitrogens with one attached hydrogen (secondary N) is 1. The van der Waals surface area contributed by atoms with Crippen LogP contribution >= 0.6 is 7.82 Å². The van der Waals surface area contributed by atoms with E-state index in [-0.39, 0.29) is 19.1 Å². The van der Waals surface area contributed by atoms with Crippen LogP contribution in [0.5, 0.6) is 0 Å². The van der Waals surface area contributed by atoms with Crippen molar-refractivity contribution >= 4 is 13.7 Å². The third-order valence-corrected chi connectivity index (χ3v) is 15.7. The first-order valence-corrected chi connectivity index (χ1v) is 33.0. The van der Waals surface area contributed by atoms with Crippen molar-refractivity contribution in [3.8, 4) is 0 Å². The number of rotatable bonds is 59. The second-order valence-corrected chi connectivity index (χ2v) is 24.5. The molecule has 0 saturated heterocycles. The number of hydrogen-bond donors (Lipinski definition) is 2. The van der Waals surface area contributed by atoms with E-state index in [1.807, 2.05) is 21.1 Å². The topological polar surface area (TPSA) is 108 Å². The molecule has 3 atom stereocenters. The minimum Gasteiger partial charge on any atom is -0.756 e. The van der Waals surface area contributed by atoms with Gasteiger partial charge in [-0.3, -0.25) is 9.36 Å². The number of allylic oxidation sites excluding steroid dienone is 2. The highest BCUT2D eigenvalue weighted by atomic mass is 31.2. The summed E-state index contributed by atoms with van der Waals surface area (Å²) in [7, 11) is 1.32. The van der Waals surface area contributed by atoms with E-state index in [4.69, 9.17) is 9.05 Å². The second kappa shape index (κ2) is 54.0. The molecule has 8 nitrogen and oxygen atoms in total. The molecule has 9 heteroatoms. The Hall–Kier alpha value is -0.760. The Morgan fingerprint density at radius 1 is 0.479 bits per heavy atom. The number of aliphatic hydroxyl groups excluding tert-OH is 1. The largest absolute Gasteiger partial charge is 0.756 e. The third kappa shape index (κ3) is 56.8. The van der Waals surface area contributed by atoms with E-state index in [0.717, 1.165) is 38.5 Å². The molecule has 1 amide bonds. The highest BCUT2D eigenvalue weighted by Gasteiger charge is 2.24. The number of hydrogen-bond acceptors (Lipinski definition) is 6.